The Kier molecular flexibility index (Phi) is 10.2. The Hall–Kier alpha value is -1.36. The zero-order valence-electron chi connectivity index (χ0n) is 10.4. The molecule has 2 aliphatic rings. The van der Waals surface area contributed by atoms with Gasteiger partial charge in [-0.05, 0) is 19.3 Å². The average molecular weight is 243 g/mol. The van der Waals surface area contributed by atoms with Crippen LogP contribution in [0.15, 0.2) is 12.7 Å². The lowest BCUT2D eigenvalue weighted by atomic mass is 10.4. The molecule has 1 amide bonds. The van der Waals surface area contributed by atoms with Gasteiger partial charge in [0, 0.05) is 32.3 Å². The molecule has 2 rings (SSSR count). The molecule has 2 saturated heterocycles. The van der Waals surface area contributed by atoms with E-state index in [1.54, 1.807) is 0 Å². The molecule has 0 atom stereocenters. The first-order valence-corrected chi connectivity index (χ1v) is 5.75. The van der Waals surface area contributed by atoms with E-state index in [1.165, 1.54) is 20.0 Å². The van der Waals surface area contributed by atoms with Gasteiger partial charge >= 0.3 is 5.97 Å². The molecule has 0 spiro atoms. The number of hydrogen-bond acceptors (Lipinski definition) is 4. The number of esters is 1. The Labute approximate surface area is 102 Å². The third kappa shape index (κ3) is 10.9. The molecule has 2 fully saturated rings. The normalized spacial score (nSPS) is 16.9. The number of carbonyl (C=O) groups excluding carboxylic acids is 2. The van der Waals surface area contributed by atoms with Crippen LogP contribution < -0.4 is 5.32 Å². The van der Waals surface area contributed by atoms with E-state index in [0.717, 1.165) is 38.7 Å². The highest BCUT2D eigenvalue weighted by atomic mass is 16.5. The number of hydrogen-bond donors (Lipinski definition) is 1. The quantitative estimate of drug-likeness (QED) is 0.552. The van der Waals surface area contributed by atoms with Crippen molar-refractivity contribution in [3.8, 4) is 0 Å². The standard InChI is InChI=1S/C4H7NO.C4H6O2.C4H8O/c6-4-2-1-3-5-4;1-3-4(5)6-2;1-2-4-5-3-1/h1-3H2,(H,5,6);3H,1H2,2H3;1-4H2. The first-order valence-electron chi connectivity index (χ1n) is 5.75. The van der Waals surface area contributed by atoms with E-state index < -0.39 is 5.97 Å². The molecule has 0 aromatic carbocycles. The summed E-state index contributed by atoms with van der Waals surface area (Å²) in [6, 6.07) is 0. The predicted octanol–water partition coefficient (Wildman–Crippen LogP) is 1.04. The van der Waals surface area contributed by atoms with Crippen LogP contribution in [0.2, 0.25) is 0 Å². The van der Waals surface area contributed by atoms with Gasteiger partial charge in [-0.2, -0.15) is 0 Å². The zero-order valence-corrected chi connectivity index (χ0v) is 10.4. The van der Waals surface area contributed by atoms with E-state index >= 15 is 0 Å². The summed E-state index contributed by atoms with van der Waals surface area (Å²) in [4.78, 5) is 20.0. The fraction of sp³-hybridized carbons (Fsp3) is 0.667. The first-order chi connectivity index (χ1) is 8.20. The van der Waals surface area contributed by atoms with Gasteiger partial charge in [-0.3, -0.25) is 4.79 Å². The molecule has 0 aromatic rings. The van der Waals surface area contributed by atoms with Crippen molar-refractivity contribution in [2.24, 2.45) is 0 Å². The highest BCUT2D eigenvalue weighted by Gasteiger charge is 2.05. The van der Waals surface area contributed by atoms with E-state index in [9.17, 15) is 9.59 Å². The van der Waals surface area contributed by atoms with Gasteiger partial charge in [0.1, 0.15) is 0 Å². The largest absolute Gasteiger partial charge is 0.466 e. The van der Waals surface area contributed by atoms with Gasteiger partial charge in [0.05, 0.1) is 7.11 Å². The van der Waals surface area contributed by atoms with Crippen LogP contribution in [-0.4, -0.2) is 38.7 Å². The van der Waals surface area contributed by atoms with Crippen LogP contribution in [0.4, 0.5) is 0 Å². The Morgan fingerprint density at radius 2 is 2.06 bits per heavy atom. The number of amides is 1. The lowest BCUT2D eigenvalue weighted by Crippen LogP contribution is -2.12. The summed E-state index contributed by atoms with van der Waals surface area (Å²) in [7, 11) is 1.31. The molecule has 0 aliphatic carbocycles. The van der Waals surface area contributed by atoms with Crippen molar-refractivity contribution in [1.82, 2.24) is 5.32 Å². The van der Waals surface area contributed by atoms with Gasteiger partial charge in [-0.15, -0.1) is 0 Å². The van der Waals surface area contributed by atoms with Crippen molar-refractivity contribution in [1.29, 1.82) is 0 Å². The number of rotatable bonds is 1. The number of carbonyl (C=O) groups is 2. The van der Waals surface area contributed by atoms with Crippen molar-refractivity contribution >= 4 is 11.9 Å². The third-order valence-electron chi connectivity index (χ3n) is 2.10. The zero-order chi connectivity index (χ0) is 12.9. The molecule has 0 unspecified atom stereocenters. The second-order valence-electron chi connectivity index (χ2n) is 3.50. The van der Waals surface area contributed by atoms with Crippen LogP contribution in [0, 0.1) is 0 Å². The summed E-state index contributed by atoms with van der Waals surface area (Å²) in [5, 5.41) is 2.68. The molecule has 0 radical (unpaired) electrons. The molecule has 5 heteroatoms. The van der Waals surface area contributed by atoms with E-state index in [-0.39, 0.29) is 5.91 Å². The van der Waals surface area contributed by atoms with Crippen molar-refractivity contribution < 1.29 is 19.1 Å². The number of ether oxygens (including phenoxy) is 2. The minimum Gasteiger partial charge on any atom is -0.466 e. The summed E-state index contributed by atoms with van der Waals surface area (Å²) < 4.78 is 9.09. The predicted molar refractivity (Wildman–Crippen MR) is 64.5 cm³/mol. The van der Waals surface area contributed by atoms with Gasteiger partial charge in [0.25, 0.3) is 0 Å². The first kappa shape index (κ1) is 15.6. The minimum absolute atomic E-state index is 0.204. The molecule has 17 heavy (non-hydrogen) atoms. The highest BCUT2D eigenvalue weighted by molar-refractivity contribution is 5.80. The van der Waals surface area contributed by atoms with Crippen LogP contribution in [0.1, 0.15) is 25.7 Å². The van der Waals surface area contributed by atoms with Gasteiger partial charge in [-0.1, -0.05) is 6.58 Å². The van der Waals surface area contributed by atoms with E-state index in [0.29, 0.717) is 0 Å². The number of nitrogens with one attached hydrogen (secondary N) is 1. The molecule has 1 N–H and O–H groups in total. The maximum Gasteiger partial charge on any atom is 0.329 e. The molecular weight excluding hydrogens is 222 g/mol. The van der Waals surface area contributed by atoms with Crippen LogP contribution >= 0.6 is 0 Å². The summed E-state index contributed by atoms with van der Waals surface area (Å²) >= 11 is 0. The van der Waals surface area contributed by atoms with Crippen LogP contribution in [0.5, 0.6) is 0 Å². The smallest absolute Gasteiger partial charge is 0.329 e. The van der Waals surface area contributed by atoms with E-state index in [2.05, 4.69) is 16.6 Å². The van der Waals surface area contributed by atoms with Gasteiger partial charge in [0.15, 0.2) is 0 Å². The van der Waals surface area contributed by atoms with Crippen molar-refractivity contribution in [3.05, 3.63) is 12.7 Å². The van der Waals surface area contributed by atoms with Gasteiger partial charge in [-0.25, -0.2) is 4.79 Å². The molecule has 0 bridgehead atoms. The highest BCUT2D eigenvalue weighted by Crippen LogP contribution is 1.98. The topological polar surface area (TPSA) is 64.6 Å². The van der Waals surface area contributed by atoms with Crippen LogP contribution in [0.25, 0.3) is 0 Å². The molecule has 2 heterocycles. The lowest BCUT2D eigenvalue weighted by Gasteiger charge is -1.83. The Morgan fingerprint density at radius 3 is 2.18 bits per heavy atom. The summed E-state index contributed by atoms with van der Waals surface area (Å²) in [6.45, 7) is 6.04. The van der Waals surface area contributed by atoms with E-state index in [1.807, 2.05) is 0 Å². The maximum absolute atomic E-state index is 10.1. The molecule has 0 saturated carbocycles. The Balaban J connectivity index is 0.000000227. The maximum atomic E-state index is 10.1. The lowest BCUT2D eigenvalue weighted by molar-refractivity contribution is -0.134. The van der Waals surface area contributed by atoms with Crippen molar-refractivity contribution in [2.45, 2.75) is 25.7 Å². The fourth-order valence-electron chi connectivity index (χ4n) is 1.16. The minimum atomic E-state index is -0.394. The van der Waals surface area contributed by atoms with Crippen molar-refractivity contribution in [2.75, 3.05) is 26.9 Å². The molecule has 2 aliphatic heterocycles. The fourth-order valence-corrected chi connectivity index (χ4v) is 1.16. The Morgan fingerprint density at radius 1 is 1.41 bits per heavy atom. The third-order valence-corrected chi connectivity index (χ3v) is 2.10. The second kappa shape index (κ2) is 11.1. The second-order valence-corrected chi connectivity index (χ2v) is 3.50. The molecule has 5 nitrogen and oxygen atoms in total. The van der Waals surface area contributed by atoms with Crippen LogP contribution in [-0.2, 0) is 19.1 Å². The van der Waals surface area contributed by atoms with Gasteiger partial charge < -0.3 is 14.8 Å². The van der Waals surface area contributed by atoms with Crippen LogP contribution in [0.3, 0.4) is 0 Å². The molecule has 98 valence electrons. The molecule has 0 aromatic heterocycles. The van der Waals surface area contributed by atoms with Gasteiger partial charge in [0.2, 0.25) is 5.91 Å². The number of methoxy groups -OCH3 is 1. The summed E-state index contributed by atoms with van der Waals surface area (Å²) in [6.07, 6.45) is 5.43. The monoisotopic (exact) mass is 243 g/mol. The van der Waals surface area contributed by atoms with Crippen molar-refractivity contribution in [3.63, 3.8) is 0 Å². The SMILES string of the molecule is C1CCOC1.C=CC(=O)OC.O=C1CCCN1. The Bertz CT molecular complexity index is 221. The van der Waals surface area contributed by atoms with E-state index in [4.69, 9.17) is 4.74 Å². The average Bonchev–Trinajstić information content (AvgIpc) is 3.03. The molecular formula is C12H21NO4. The summed E-state index contributed by atoms with van der Waals surface area (Å²) in [5.74, 6) is -0.190. The summed E-state index contributed by atoms with van der Waals surface area (Å²) in [5.41, 5.74) is 0.